The molecule has 7 heteroatoms. The van der Waals surface area contributed by atoms with Gasteiger partial charge >= 0.3 is 28.5 Å². The first-order valence-electron chi connectivity index (χ1n) is 0.871. The van der Waals surface area contributed by atoms with Gasteiger partial charge in [0.15, 0.2) is 0 Å². The zero-order valence-electron chi connectivity index (χ0n) is 2.95. The molecular formula is O5PbS. The molecule has 0 amide bonds. The molecule has 0 bridgehead atoms. The van der Waals surface area contributed by atoms with E-state index in [4.69, 9.17) is 20.2 Å². The van der Waals surface area contributed by atoms with E-state index in [2.05, 4.69) is 0 Å². The van der Waals surface area contributed by atoms with Crippen LogP contribution < -0.4 is 0 Å². The van der Waals surface area contributed by atoms with E-state index in [1.165, 1.54) is 0 Å². The van der Waals surface area contributed by atoms with Crippen molar-refractivity contribution in [3.8, 4) is 0 Å². The topological polar surface area (TPSA) is 97.3 Å². The number of rotatable bonds is 0. The summed E-state index contributed by atoms with van der Waals surface area (Å²) in [4.78, 5) is 0. The fourth-order valence-corrected chi connectivity index (χ4v) is 0. The van der Waals surface area contributed by atoms with Crippen LogP contribution in [0.5, 0.6) is 0 Å². The molecule has 0 aliphatic rings. The molecule has 5 nitrogen and oxygen atoms in total. The molecule has 0 aromatic heterocycles. The van der Waals surface area contributed by atoms with Crippen LogP contribution in [0.25, 0.3) is 0 Å². The Kier molecular flexibility index (Phi) is 7.15. The maximum atomic E-state index is 8.52. The van der Waals surface area contributed by atoms with Crippen molar-refractivity contribution in [2.75, 3.05) is 0 Å². The maximum absolute atomic E-state index is 8.52. The van der Waals surface area contributed by atoms with Crippen molar-refractivity contribution in [1.29, 1.82) is 0 Å². The summed E-state index contributed by atoms with van der Waals surface area (Å²) in [5.74, 6) is 0. The molecular weight excluding hydrogens is 319 g/mol. The molecule has 0 aromatic carbocycles. The van der Waals surface area contributed by atoms with E-state index in [-0.39, 0.29) is 25.8 Å². The van der Waals surface area contributed by atoms with Gasteiger partial charge in [0.05, 0.1) is 0 Å². The van der Waals surface area contributed by atoms with Crippen LogP contribution in [0.4, 0.5) is 0 Å². The molecule has 7 heavy (non-hydrogen) atoms. The molecule has 0 N–H and O–H groups in total. The van der Waals surface area contributed by atoms with E-state index < -0.39 is 10.4 Å². The van der Waals surface area contributed by atoms with Crippen molar-refractivity contribution in [2.45, 2.75) is 0 Å². The van der Waals surface area contributed by atoms with E-state index >= 15 is 0 Å². The molecule has 0 saturated carbocycles. The molecule has 0 aliphatic carbocycles. The van der Waals surface area contributed by atoms with E-state index in [1.807, 2.05) is 0 Å². The van der Waals surface area contributed by atoms with Crippen molar-refractivity contribution in [1.82, 2.24) is 0 Å². The van der Waals surface area contributed by atoms with Gasteiger partial charge in [0.1, 0.15) is 0 Å². The summed E-state index contributed by atoms with van der Waals surface area (Å²) in [7, 11) is -5.17. The Morgan fingerprint density at radius 1 is 1.14 bits per heavy atom. The van der Waals surface area contributed by atoms with Crippen molar-refractivity contribution >= 4 is 36.2 Å². The molecule has 0 unspecified atom stereocenters. The average molecular weight is 319 g/mol. The van der Waals surface area contributed by atoms with Gasteiger partial charge in [0, 0.05) is 10.4 Å². The predicted octanol–water partition coefficient (Wildman–Crippen LogP) is -1.84. The fourth-order valence-electron chi connectivity index (χ4n) is 0. The van der Waals surface area contributed by atoms with Gasteiger partial charge in [-0.05, 0) is 0 Å². The predicted molar refractivity (Wildman–Crippen MR) is 16.9 cm³/mol. The third-order valence-electron chi connectivity index (χ3n) is 0. The summed E-state index contributed by atoms with van der Waals surface area (Å²) in [6, 6.07) is 0. The Balaban J connectivity index is 0. The summed E-state index contributed by atoms with van der Waals surface area (Å²) < 4.78 is 42.5. The van der Waals surface area contributed by atoms with Gasteiger partial charge in [-0.2, -0.15) is 0 Å². The molecule has 0 rings (SSSR count). The second kappa shape index (κ2) is 4.74. The van der Waals surface area contributed by atoms with Crippen LogP contribution in [0.3, 0.4) is 0 Å². The summed E-state index contributed by atoms with van der Waals surface area (Å²) in [5.41, 5.74) is 0. The Hall–Kier alpha value is 0.592. The zero-order chi connectivity index (χ0) is 6.50. The molecule has 0 heterocycles. The Morgan fingerprint density at radius 3 is 1.14 bits per heavy atom. The first kappa shape index (κ1) is 10.6. The summed E-state index contributed by atoms with van der Waals surface area (Å²) in [6.45, 7) is 0. The van der Waals surface area contributed by atoms with Crippen LogP contribution in [0.1, 0.15) is 0 Å². The second-order valence-corrected chi connectivity index (χ2v) is 1.22. The van der Waals surface area contributed by atoms with Crippen LogP contribution >= 0.6 is 0 Å². The monoisotopic (exact) mass is 320 g/mol. The molecule has 0 atom stereocenters. The van der Waals surface area contributed by atoms with Crippen molar-refractivity contribution in [3.63, 3.8) is 0 Å². The van der Waals surface area contributed by atoms with Crippen LogP contribution in [0, 0.1) is 0 Å². The second-order valence-electron chi connectivity index (χ2n) is 0.408. The minimum atomic E-state index is -5.17. The Labute approximate surface area is 56.5 Å². The fraction of sp³-hybridized carbons (Fsp3) is 0. The van der Waals surface area contributed by atoms with Crippen LogP contribution in [-0.4, -0.2) is 43.3 Å². The van der Waals surface area contributed by atoms with E-state index in [0.717, 1.165) is 0 Å². The number of hydrogen-bond donors (Lipinski definition) is 0. The standard InChI is InChI=1S/H2O4S.O.Pb/c1-5(2,3)4;;/h(H2,1,2,3,4);;/q;;+2/p-2. The van der Waals surface area contributed by atoms with Gasteiger partial charge in [-0.1, -0.05) is 0 Å². The molecule has 0 saturated heterocycles. The van der Waals surface area contributed by atoms with E-state index in [0.29, 0.717) is 0 Å². The quantitative estimate of drug-likeness (QED) is 0.297. The van der Waals surface area contributed by atoms with Crippen LogP contribution in [0.15, 0.2) is 0 Å². The minimum absolute atomic E-state index is 0.0556. The molecule has 0 fully saturated rings. The molecule has 40 valence electrons. The Morgan fingerprint density at radius 2 is 1.14 bits per heavy atom. The van der Waals surface area contributed by atoms with E-state index in [9.17, 15) is 0 Å². The summed E-state index contributed by atoms with van der Waals surface area (Å²) >= 11 is 0.0556. The molecule has 0 spiro atoms. The molecule has 0 aromatic rings. The molecule has 0 radical (unpaired) electrons. The van der Waals surface area contributed by atoms with Crippen molar-refractivity contribution in [3.05, 3.63) is 0 Å². The first-order chi connectivity index (χ1) is 3.00. The van der Waals surface area contributed by atoms with Gasteiger partial charge in [-0.15, -0.1) is 0 Å². The van der Waals surface area contributed by atoms with Crippen molar-refractivity contribution < 1.29 is 20.2 Å². The normalized spacial score (nSPS) is 9.14. The van der Waals surface area contributed by atoms with Crippen LogP contribution in [0.2, 0.25) is 0 Å². The van der Waals surface area contributed by atoms with Gasteiger partial charge in [0.2, 0.25) is 0 Å². The van der Waals surface area contributed by atoms with Gasteiger partial charge in [-0.3, -0.25) is 8.42 Å². The van der Waals surface area contributed by atoms with Crippen molar-refractivity contribution in [2.24, 2.45) is 0 Å². The summed E-state index contributed by atoms with van der Waals surface area (Å²) in [6.07, 6.45) is 0. The van der Waals surface area contributed by atoms with Gasteiger partial charge < -0.3 is 9.11 Å². The third kappa shape index (κ3) is 397. The average Bonchev–Trinajstić information content (AvgIpc) is 1.36. The summed E-state index contributed by atoms with van der Waals surface area (Å²) in [5, 5.41) is 0. The van der Waals surface area contributed by atoms with Crippen LogP contribution in [-0.2, 0) is 13.1 Å². The SMILES string of the molecule is O=S(=O)([O-])[O-].[O]=[Pb+2]. The Bertz CT molecular complexity index is 102. The van der Waals surface area contributed by atoms with Gasteiger partial charge in [0.25, 0.3) is 0 Å². The first-order valence-corrected chi connectivity index (χ1v) is 3.79. The van der Waals surface area contributed by atoms with Gasteiger partial charge in [-0.25, -0.2) is 0 Å². The zero-order valence-corrected chi connectivity index (χ0v) is 7.65. The molecule has 0 aliphatic heterocycles. The van der Waals surface area contributed by atoms with E-state index in [1.54, 1.807) is 0 Å². The third-order valence-corrected chi connectivity index (χ3v) is 0. The number of hydrogen-bond acceptors (Lipinski definition) is 5.